The van der Waals surface area contributed by atoms with Gasteiger partial charge in [0.25, 0.3) is 0 Å². The van der Waals surface area contributed by atoms with Crippen molar-refractivity contribution >= 4 is 40.6 Å². The monoisotopic (exact) mass is 536 g/mol. The molecule has 3 amide bonds. The van der Waals surface area contributed by atoms with E-state index in [2.05, 4.69) is 15.3 Å². The summed E-state index contributed by atoms with van der Waals surface area (Å²) in [5, 5.41) is 12.8. The highest BCUT2D eigenvalue weighted by molar-refractivity contribution is 7.99. The van der Waals surface area contributed by atoms with Crippen molar-refractivity contribution in [3.8, 4) is 17.7 Å². The quantitative estimate of drug-likeness (QED) is 0.415. The number of pyridine rings is 1. The van der Waals surface area contributed by atoms with Crippen LogP contribution in [0.25, 0.3) is 10.9 Å². The Morgan fingerprint density at radius 1 is 1.34 bits per heavy atom. The molecule has 3 aromatic rings. The standard InChI is InChI=1S/C26H28N6O5S/c1-26(2,3)37-25(35)31-20(24(34)32-14-38-13-21(32)22(28)33)9-16-12-30-19-7-6-17(10-18(16)19)36-23-15(11-27)5-4-8-29-23/h4-8,10,12,20-21,30H,9,13-14H2,1-3H3,(H2,28,33)(H,31,35). The van der Waals surface area contributed by atoms with Crippen molar-refractivity contribution in [2.75, 3.05) is 11.6 Å². The third kappa shape index (κ3) is 6.18. The smallest absolute Gasteiger partial charge is 0.408 e. The van der Waals surface area contributed by atoms with Crippen LogP contribution < -0.4 is 15.8 Å². The van der Waals surface area contributed by atoms with Crippen molar-refractivity contribution in [3.63, 3.8) is 0 Å². The lowest BCUT2D eigenvalue weighted by atomic mass is 10.0. The predicted molar refractivity (Wildman–Crippen MR) is 141 cm³/mol. The van der Waals surface area contributed by atoms with Gasteiger partial charge in [-0.05, 0) is 56.7 Å². The minimum absolute atomic E-state index is 0.112. The molecule has 3 heterocycles. The van der Waals surface area contributed by atoms with Gasteiger partial charge in [0.15, 0.2) is 0 Å². The topological polar surface area (TPSA) is 163 Å². The molecule has 1 saturated heterocycles. The van der Waals surface area contributed by atoms with Gasteiger partial charge in [-0.2, -0.15) is 5.26 Å². The summed E-state index contributed by atoms with van der Waals surface area (Å²) in [7, 11) is 0. The molecule has 1 aliphatic heterocycles. The van der Waals surface area contributed by atoms with Gasteiger partial charge in [0.05, 0.1) is 5.88 Å². The number of hydrogen-bond acceptors (Lipinski definition) is 8. The number of nitrogens with one attached hydrogen (secondary N) is 2. The van der Waals surface area contributed by atoms with Crippen LogP contribution in [0, 0.1) is 11.3 Å². The summed E-state index contributed by atoms with van der Waals surface area (Å²) < 4.78 is 11.3. The van der Waals surface area contributed by atoms with Crippen LogP contribution in [-0.4, -0.2) is 62.1 Å². The number of nitrogens with zero attached hydrogens (tertiary/aromatic N) is 3. The summed E-state index contributed by atoms with van der Waals surface area (Å²) in [6.07, 6.45) is 2.64. The zero-order valence-electron chi connectivity index (χ0n) is 21.2. The van der Waals surface area contributed by atoms with Gasteiger partial charge in [0.2, 0.25) is 17.7 Å². The Labute approximate surface area is 223 Å². The second-order valence-electron chi connectivity index (χ2n) is 9.72. The number of ether oxygens (including phenoxy) is 2. The summed E-state index contributed by atoms with van der Waals surface area (Å²) >= 11 is 1.42. The normalized spacial score (nSPS) is 16.1. The number of primary amides is 1. The molecular weight excluding hydrogens is 508 g/mol. The van der Waals surface area contributed by atoms with Gasteiger partial charge < -0.3 is 30.4 Å². The van der Waals surface area contributed by atoms with E-state index in [1.165, 1.54) is 22.9 Å². The molecule has 1 aliphatic rings. The predicted octanol–water partition coefficient (Wildman–Crippen LogP) is 3.05. The number of thioether (sulfide) groups is 1. The van der Waals surface area contributed by atoms with Gasteiger partial charge in [-0.15, -0.1) is 11.8 Å². The number of aromatic nitrogens is 2. The Morgan fingerprint density at radius 2 is 2.13 bits per heavy atom. The van der Waals surface area contributed by atoms with Crippen molar-refractivity contribution in [1.29, 1.82) is 5.26 Å². The zero-order valence-corrected chi connectivity index (χ0v) is 22.0. The molecule has 2 aromatic heterocycles. The number of rotatable bonds is 7. The first kappa shape index (κ1) is 26.8. The van der Waals surface area contributed by atoms with Crippen LogP contribution in [0.5, 0.6) is 11.6 Å². The number of alkyl carbamates (subject to hydrolysis) is 1. The molecule has 2 atom stereocenters. The molecule has 0 bridgehead atoms. The number of carbonyl (C=O) groups is 3. The number of nitriles is 1. The van der Waals surface area contributed by atoms with E-state index in [1.807, 2.05) is 12.1 Å². The molecule has 4 N–H and O–H groups in total. The molecule has 0 radical (unpaired) electrons. The van der Waals surface area contributed by atoms with Crippen molar-refractivity contribution in [2.45, 2.75) is 44.9 Å². The number of nitrogens with two attached hydrogens (primary N) is 1. The Kier molecular flexibility index (Phi) is 7.78. The number of hydrogen-bond donors (Lipinski definition) is 3. The highest BCUT2D eigenvalue weighted by atomic mass is 32.2. The fourth-order valence-electron chi connectivity index (χ4n) is 4.02. The van der Waals surface area contributed by atoms with E-state index in [9.17, 15) is 19.6 Å². The highest BCUT2D eigenvalue weighted by Gasteiger charge is 2.38. The molecule has 0 aliphatic carbocycles. The third-order valence-electron chi connectivity index (χ3n) is 5.75. The number of amides is 3. The molecule has 38 heavy (non-hydrogen) atoms. The molecule has 1 fully saturated rings. The first-order chi connectivity index (χ1) is 18.1. The fraction of sp³-hybridized carbons (Fsp3) is 0.346. The van der Waals surface area contributed by atoms with Gasteiger partial charge >= 0.3 is 6.09 Å². The number of benzene rings is 1. The molecule has 11 nitrogen and oxygen atoms in total. The molecule has 12 heteroatoms. The zero-order chi connectivity index (χ0) is 27.4. The van der Waals surface area contributed by atoms with Crippen molar-refractivity contribution in [1.82, 2.24) is 20.2 Å². The Hall–Kier alpha value is -4.24. The SMILES string of the molecule is CC(C)(C)OC(=O)NC(Cc1c[nH]c2ccc(Oc3ncccc3C#N)cc12)C(=O)N1CSCC1C(N)=O. The maximum absolute atomic E-state index is 13.6. The molecule has 198 valence electrons. The van der Waals surface area contributed by atoms with E-state index in [0.717, 1.165) is 16.5 Å². The molecule has 2 unspecified atom stereocenters. The fourth-order valence-corrected chi connectivity index (χ4v) is 5.20. The number of fused-ring (bicyclic) bond motifs is 1. The van der Waals surface area contributed by atoms with Gasteiger partial charge in [0.1, 0.15) is 35.1 Å². The Balaban J connectivity index is 1.63. The average Bonchev–Trinajstić information content (AvgIpc) is 3.50. The van der Waals surface area contributed by atoms with Crippen LogP contribution in [0.1, 0.15) is 31.9 Å². The summed E-state index contributed by atoms with van der Waals surface area (Å²) in [4.78, 5) is 46.8. The van der Waals surface area contributed by atoms with Crippen LogP contribution in [0.2, 0.25) is 0 Å². The Bertz CT molecular complexity index is 1410. The van der Waals surface area contributed by atoms with Gasteiger partial charge in [-0.25, -0.2) is 9.78 Å². The second kappa shape index (κ2) is 11.0. The molecule has 4 rings (SSSR count). The van der Waals surface area contributed by atoms with E-state index in [4.69, 9.17) is 15.2 Å². The molecular formula is C26H28N6O5S. The van der Waals surface area contributed by atoms with Gasteiger partial charge in [-0.1, -0.05) is 0 Å². The summed E-state index contributed by atoms with van der Waals surface area (Å²) in [5.74, 6) is 0.275. The van der Waals surface area contributed by atoms with Gasteiger partial charge in [-0.3, -0.25) is 9.59 Å². The van der Waals surface area contributed by atoms with Crippen LogP contribution >= 0.6 is 11.8 Å². The Morgan fingerprint density at radius 3 is 2.84 bits per heavy atom. The summed E-state index contributed by atoms with van der Waals surface area (Å²) in [5.41, 5.74) is 6.55. The summed E-state index contributed by atoms with van der Waals surface area (Å²) in [6.45, 7) is 5.18. The van der Waals surface area contributed by atoms with Crippen LogP contribution in [-0.2, 0) is 20.7 Å². The van der Waals surface area contributed by atoms with Crippen LogP contribution in [0.4, 0.5) is 4.79 Å². The van der Waals surface area contributed by atoms with Gasteiger partial charge in [0, 0.05) is 35.5 Å². The maximum atomic E-state index is 13.6. The second-order valence-corrected chi connectivity index (χ2v) is 10.7. The van der Waals surface area contributed by atoms with E-state index in [0.29, 0.717) is 17.1 Å². The third-order valence-corrected chi connectivity index (χ3v) is 6.76. The lowest BCUT2D eigenvalue weighted by molar-refractivity contribution is -0.138. The summed E-state index contributed by atoms with van der Waals surface area (Å²) in [6, 6.07) is 8.84. The van der Waals surface area contributed by atoms with Crippen LogP contribution in [0.3, 0.4) is 0 Å². The largest absolute Gasteiger partial charge is 0.444 e. The number of carbonyl (C=O) groups excluding carboxylic acids is 3. The minimum atomic E-state index is -1.02. The highest BCUT2D eigenvalue weighted by Crippen LogP contribution is 2.29. The average molecular weight is 537 g/mol. The molecule has 0 spiro atoms. The molecule has 0 saturated carbocycles. The lowest BCUT2D eigenvalue weighted by Crippen LogP contribution is -2.54. The van der Waals surface area contributed by atoms with Crippen molar-refractivity contribution < 1.29 is 23.9 Å². The maximum Gasteiger partial charge on any atom is 0.408 e. The van der Waals surface area contributed by atoms with E-state index < -0.39 is 35.6 Å². The first-order valence-corrected chi connectivity index (χ1v) is 13.0. The lowest BCUT2D eigenvalue weighted by Gasteiger charge is -2.28. The van der Waals surface area contributed by atoms with E-state index in [1.54, 1.807) is 51.2 Å². The molecule has 1 aromatic carbocycles. The minimum Gasteiger partial charge on any atom is -0.444 e. The van der Waals surface area contributed by atoms with Crippen molar-refractivity contribution in [2.24, 2.45) is 5.73 Å². The van der Waals surface area contributed by atoms with E-state index >= 15 is 0 Å². The first-order valence-electron chi connectivity index (χ1n) is 11.9. The number of aromatic amines is 1. The number of H-pyrrole nitrogens is 1. The van der Waals surface area contributed by atoms with E-state index in [-0.39, 0.29) is 18.2 Å². The van der Waals surface area contributed by atoms with Crippen molar-refractivity contribution in [3.05, 3.63) is 53.9 Å². The van der Waals surface area contributed by atoms with Crippen LogP contribution in [0.15, 0.2) is 42.7 Å².